The highest BCUT2D eigenvalue weighted by atomic mass is 79.9. The predicted molar refractivity (Wildman–Crippen MR) is 67.3 cm³/mol. The first-order valence-corrected chi connectivity index (χ1v) is 6.96. The number of nitrogens with zero attached hydrogens (tertiary/aromatic N) is 1. The zero-order valence-electron chi connectivity index (χ0n) is 8.78. The Morgan fingerprint density at radius 3 is 3.19 bits per heavy atom. The number of thiophene rings is 1. The van der Waals surface area contributed by atoms with Gasteiger partial charge in [-0.3, -0.25) is 5.32 Å². The Kier molecular flexibility index (Phi) is 4.36. The maximum Gasteiger partial charge on any atom is 0.131 e. The lowest BCUT2D eigenvalue weighted by Crippen LogP contribution is -2.29. The summed E-state index contributed by atoms with van der Waals surface area (Å²) >= 11 is 5.04. The van der Waals surface area contributed by atoms with Crippen LogP contribution in [-0.4, -0.2) is 19.3 Å². The van der Waals surface area contributed by atoms with Crippen LogP contribution in [0.15, 0.2) is 15.9 Å². The normalized spacial score (nSPS) is 21.9. The minimum atomic E-state index is -0.237. The van der Waals surface area contributed by atoms with E-state index in [1.54, 1.807) is 11.3 Å². The number of nitriles is 1. The third-order valence-electron chi connectivity index (χ3n) is 2.61. The van der Waals surface area contributed by atoms with Gasteiger partial charge in [0.1, 0.15) is 6.04 Å². The summed E-state index contributed by atoms with van der Waals surface area (Å²) in [6.45, 7) is 1.61. The van der Waals surface area contributed by atoms with Gasteiger partial charge in [0.25, 0.3) is 0 Å². The molecule has 2 heterocycles. The van der Waals surface area contributed by atoms with E-state index in [-0.39, 0.29) is 12.1 Å². The van der Waals surface area contributed by atoms with Crippen molar-refractivity contribution < 1.29 is 4.74 Å². The van der Waals surface area contributed by atoms with E-state index in [0.717, 1.165) is 35.3 Å². The molecule has 2 rings (SSSR count). The van der Waals surface area contributed by atoms with E-state index in [2.05, 4.69) is 27.3 Å². The number of halogens is 1. The van der Waals surface area contributed by atoms with Crippen molar-refractivity contribution in [1.82, 2.24) is 5.32 Å². The Balaban J connectivity index is 1.91. The van der Waals surface area contributed by atoms with Gasteiger partial charge in [-0.25, -0.2) is 0 Å². The maximum absolute atomic E-state index is 9.13. The predicted octanol–water partition coefficient (Wildman–Crippen LogP) is 2.84. The van der Waals surface area contributed by atoms with Crippen molar-refractivity contribution in [2.75, 3.05) is 13.2 Å². The van der Waals surface area contributed by atoms with E-state index >= 15 is 0 Å². The fourth-order valence-corrected chi connectivity index (χ4v) is 3.38. The van der Waals surface area contributed by atoms with Crippen LogP contribution in [0.3, 0.4) is 0 Å². The molecular weight excluding hydrogens is 288 g/mol. The van der Waals surface area contributed by atoms with Crippen LogP contribution in [0.5, 0.6) is 0 Å². The van der Waals surface area contributed by atoms with Crippen molar-refractivity contribution in [1.29, 1.82) is 5.26 Å². The Morgan fingerprint density at radius 1 is 1.75 bits per heavy atom. The first kappa shape index (κ1) is 12.1. The van der Waals surface area contributed by atoms with Crippen molar-refractivity contribution in [2.24, 2.45) is 0 Å². The number of hydrogen-bond acceptors (Lipinski definition) is 4. The van der Waals surface area contributed by atoms with Crippen LogP contribution in [0, 0.1) is 11.3 Å². The van der Waals surface area contributed by atoms with Gasteiger partial charge >= 0.3 is 0 Å². The molecule has 86 valence electrons. The van der Waals surface area contributed by atoms with E-state index in [4.69, 9.17) is 10.00 Å². The topological polar surface area (TPSA) is 45.0 Å². The molecule has 1 aliphatic rings. The van der Waals surface area contributed by atoms with Gasteiger partial charge in [0.05, 0.1) is 17.1 Å². The highest BCUT2D eigenvalue weighted by molar-refractivity contribution is 9.10. The maximum atomic E-state index is 9.13. The zero-order chi connectivity index (χ0) is 11.4. The monoisotopic (exact) mass is 300 g/mol. The molecule has 1 aromatic heterocycles. The van der Waals surface area contributed by atoms with Crippen LogP contribution in [0.2, 0.25) is 0 Å². The third-order valence-corrected chi connectivity index (χ3v) is 4.55. The van der Waals surface area contributed by atoms with Crippen molar-refractivity contribution in [3.05, 3.63) is 20.8 Å². The smallest absolute Gasteiger partial charge is 0.131 e. The minimum absolute atomic E-state index is 0.237. The van der Waals surface area contributed by atoms with Crippen LogP contribution in [0.1, 0.15) is 23.8 Å². The van der Waals surface area contributed by atoms with Gasteiger partial charge in [-0.2, -0.15) is 5.26 Å². The molecule has 3 nitrogen and oxygen atoms in total. The van der Waals surface area contributed by atoms with Crippen LogP contribution >= 0.6 is 27.3 Å². The summed E-state index contributed by atoms with van der Waals surface area (Å²) in [5, 5.41) is 14.4. The standard InChI is InChI=1S/C11H13BrN2OS/c12-9-3-5-16-11(9)10(6-13)14-7-8-2-1-4-15-8/h3,5,8,10,14H,1-2,4,7H2. The molecule has 1 aliphatic heterocycles. The van der Waals surface area contributed by atoms with E-state index in [9.17, 15) is 0 Å². The lowest BCUT2D eigenvalue weighted by atomic mass is 10.2. The Bertz CT molecular complexity index is 382. The molecule has 1 aromatic rings. The summed E-state index contributed by atoms with van der Waals surface area (Å²) in [7, 11) is 0. The van der Waals surface area contributed by atoms with Gasteiger partial charge in [-0.05, 0) is 40.2 Å². The van der Waals surface area contributed by atoms with E-state index in [1.165, 1.54) is 0 Å². The Hall–Kier alpha value is -0.410. The molecule has 0 aromatic carbocycles. The quantitative estimate of drug-likeness (QED) is 0.930. The van der Waals surface area contributed by atoms with E-state index < -0.39 is 0 Å². The van der Waals surface area contributed by atoms with Gasteiger partial charge in [-0.1, -0.05) is 0 Å². The van der Waals surface area contributed by atoms with Gasteiger partial charge in [-0.15, -0.1) is 11.3 Å². The average Bonchev–Trinajstić information content (AvgIpc) is 2.92. The van der Waals surface area contributed by atoms with Crippen molar-refractivity contribution in [3.63, 3.8) is 0 Å². The SMILES string of the molecule is N#CC(NCC1CCCO1)c1sccc1Br. The molecule has 1 N–H and O–H groups in total. The Morgan fingerprint density at radius 2 is 2.62 bits per heavy atom. The highest BCUT2D eigenvalue weighted by Gasteiger charge is 2.19. The second kappa shape index (κ2) is 5.78. The average molecular weight is 301 g/mol. The molecule has 0 radical (unpaired) electrons. The molecule has 1 saturated heterocycles. The van der Waals surface area contributed by atoms with Crippen LogP contribution in [0.25, 0.3) is 0 Å². The van der Waals surface area contributed by atoms with Gasteiger partial charge in [0, 0.05) is 17.6 Å². The van der Waals surface area contributed by atoms with Crippen molar-refractivity contribution in [3.8, 4) is 6.07 Å². The molecule has 0 bridgehead atoms. The van der Waals surface area contributed by atoms with E-state index in [1.807, 2.05) is 11.4 Å². The third kappa shape index (κ3) is 2.83. The Labute approximate surface area is 108 Å². The fraction of sp³-hybridized carbons (Fsp3) is 0.545. The van der Waals surface area contributed by atoms with Gasteiger partial charge in [0.2, 0.25) is 0 Å². The molecule has 5 heteroatoms. The summed E-state index contributed by atoms with van der Waals surface area (Å²) < 4.78 is 6.52. The molecule has 0 saturated carbocycles. The summed E-state index contributed by atoms with van der Waals surface area (Å²) in [6, 6.07) is 4.02. The lowest BCUT2D eigenvalue weighted by molar-refractivity contribution is 0.109. The minimum Gasteiger partial charge on any atom is -0.377 e. The number of hydrogen-bond donors (Lipinski definition) is 1. The molecule has 2 atom stereocenters. The summed E-state index contributed by atoms with van der Waals surface area (Å²) in [6.07, 6.45) is 2.50. The van der Waals surface area contributed by atoms with E-state index in [0.29, 0.717) is 0 Å². The molecule has 0 aliphatic carbocycles. The molecule has 16 heavy (non-hydrogen) atoms. The number of ether oxygens (including phenoxy) is 1. The molecule has 2 unspecified atom stereocenters. The van der Waals surface area contributed by atoms with Crippen molar-refractivity contribution in [2.45, 2.75) is 25.0 Å². The first-order chi connectivity index (χ1) is 7.81. The molecule has 0 spiro atoms. The molecular formula is C11H13BrN2OS. The first-order valence-electron chi connectivity index (χ1n) is 5.28. The number of nitrogens with one attached hydrogen (secondary N) is 1. The van der Waals surface area contributed by atoms with Gasteiger partial charge < -0.3 is 4.74 Å². The van der Waals surface area contributed by atoms with Crippen molar-refractivity contribution >= 4 is 27.3 Å². The van der Waals surface area contributed by atoms with Gasteiger partial charge in [0.15, 0.2) is 0 Å². The second-order valence-electron chi connectivity index (χ2n) is 3.74. The number of rotatable bonds is 4. The lowest BCUT2D eigenvalue weighted by Gasteiger charge is -2.14. The summed E-state index contributed by atoms with van der Waals surface area (Å²) in [5.41, 5.74) is 0. The summed E-state index contributed by atoms with van der Waals surface area (Å²) in [5.74, 6) is 0. The fourth-order valence-electron chi connectivity index (χ4n) is 1.76. The summed E-state index contributed by atoms with van der Waals surface area (Å²) in [4.78, 5) is 1.04. The largest absolute Gasteiger partial charge is 0.377 e. The highest BCUT2D eigenvalue weighted by Crippen LogP contribution is 2.28. The molecule has 1 fully saturated rings. The van der Waals surface area contributed by atoms with Crippen LogP contribution in [0.4, 0.5) is 0 Å². The zero-order valence-corrected chi connectivity index (χ0v) is 11.2. The molecule has 0 amide bonds. The second-order valence-corrected chi connectivity index (χ2v) is 5.54. The van der Waals surface area contributed by atoms with Crippen LogP contribution in [-0.2, 0) is 4.74 Å². The van der Waals surface area contributed by atoms with Crippen LogP contribution < -0.4 is 5.32 Å².